The van der Waals surface area contributed by atoms with Crippen molar-refractivity contribution in [3.63, 3.8) is 0 Å². The largest absolute Gasteiger partial charge is 0.311 e. The van der Waals surface area contributed by atoms with Gasteiger partial charge in [-0.15, -0.1) is 0 Å². The molecule has 0 heterocycles. The highest BCUT2D eigenvalue weighted by molar-refractivity contribution is 5.80. The molecule has 0 aromatic heterocycles. The summed E-state index contributed by atoms with van der Waals surface area (Å²) in [5.41, 5.74) is 14.1. The van der Waals surface area contributed by atoms with Crippen molar-refractivity contribution in [1.82, 2.24) is 0 Å². The zero-order valence-corrected chi connectivity index (χ0v) is 29.2. The van der Waals surface area contributed by atoms with Crippen LogP contribution in [0.4, 0.5) is 34.1 Å². The van der Waals surface area contributed by atoms with Crippen LogP contribution in [-0.2, 0) is 6.42 Å². The lowest BCUT2D eigenvalue weighted by atomic mass is 10.1. The second-order valence-electron chi connectivity index (χ2n) is 12.7. The Morgan fingerprint density at radius 2 is 0.608 bits per heavy atom. The second kappa shape index (κ2) is 15.9. The highest BCUT2D eigenvalue weighted by Crippen LogP contribution is 2.36. The first-order valence-corrected chi connectivity index (χ1v) is 17.7. The Morgan fingerprint density at radius 3 is 0.941 bits per heavy atom. The van der Waals surface area contributed by atoms with Crippen molar-refractivity contribution in [3.05, 3.63) is 215 Å². The number of anilines is 6. The number of para-hydroxylation sites is 2. The van der Waals surface area contributed by atoms with Crippen molar-refractivity contribution in [2.75, 3.05) is 9.80 Å². The van der Waals surface area contributed by atoms with Crippen molar-refractivity contribution in [2.45, 2.75) is 20.3 Å². The van der Waals surface area contributed by atoms with Gasteiger partial charge in [0.25, 0.3) is 0 Å². The quantitative estimate of drug-likeness (QED) is 0.128. The van der Waals surface area contributed by atoms with E-state index in [4.69, 9.17) is 0 Å². The molecule has 2 nitrogen and oxygen atoms in total. The van der Waals surface area contributed by atoms with Crippen molar-refractivity contribution in [2.24, 2.45) is 0 Å². The molecule has 0 atom stereocenters. The molecule has 0 aliphatic carbocycles. The van der Waals surface area contributed by atoms with Crippen molar-refractivity contribution in [3.8, 4) is 0 Å². The molecule has 248 valence electrons. The van der Waals surface area contributed by atoms with Gasteiger partial charge in [0.15, 0.2) is 0 Å². The summed E-state index contributed by atoms with van der Waals surface area (Å²) in [5.74, 6) is 0. The fourth-order valence-electron chi connectivity index (χ4n) is 6.20. The Hall–Kier alpha value is -6.38. The van der Waals surface area contributed by atoms with Crippen LogP contribution in [0.3, 0.4) is 0 Å². The number of aryl methyl sites for hydroxylation is 2. The average Bonchev–Trinajstić information content (AvgIpc) is 3.20. The molecule has 0 aliphatic rings. The van der Waals surface area contributed by atoms with Crippen molar-refractivity contribution < 1.29 is 0 Å². The van der Waals surface area contributed by atoms with E-state index < -0.39 is 0 Å². The average molecular weight is 659 g/mol. The molecule has 2 heteroatoms. The van der Waals surface area contributed by atoms with Crippen molar-refractivity contribution in [1.29, 1.82) is 0 Å². The summed E-state index contributed by atoms with van der Waals surface area (Å²) in [4.78, 5) is 4.59. The van der Waals surface area contributed by atoms with Crippen LogP contribution in [0.1, 0.15) is 40.3 Å². The first kappa shape index (κ1) is 33.1. The molecule has 0 saturated heterocycles. The maximum Gasteiger partial charge on any atom is 0.0462 e. The van der Waals surface area contributed by atoms with Gasteiger partial charge in [-0.05, 0) is 114 Å². The van der Waals surface area contributed by atoms with E-state index in [1.54, 1.807) is 0 Å². The monoisotopic (exact) mass is 658 g/mol. The fraction of sp³-hybridized carbons (Fsp3) is 0.0612. The van der Waals surface area contributed by atoms with Crippen LogP contribution in [0.5, 0.6) is 0 Å². The summed E-state index contributed by atoms with van der Waals surface area (Å²) in [5, 5.41) is 0. The predicted molar refractivity (Wildman–Crippen MR) is 221 cm³/mol. The molecule has 7 aromatic carbocycles. The summed E-state index contributed by atoms with van der Waals surface area (Å²) in [6, 6.07) is 64.8. The van der Waals surface area contributed by atoms with Gasteiger partial charge in [-0.25, -0.2) is 0 Å². The molecule has 0 radical (unpaired) electrons. The van der Waals surface area contributed by atoms with Gasteiger partial charge in [0.1, 0.15) is 0 Å². The minimum Gasteiger partial charge on any atom is -0.311 e. The van der Waals surface area contributed by atoms with Crippen LogP contribution >= 0.6 is 0 Å². The minimum atomic E-state index is 1.03. The molecule has 7 rings (SSSR count). The minimum absolute atomic E-state index is 1.03. The highest BCUT2D eigenvalue weighted by Gasteiger charge is 2.13. The zero-order valence-electron chi connectivity index (χ0n) is 29.2. The van der Waals surface area contributed by atoms with Gasteiger partial charge in [0.05, 0.1) is 0 Å². The van der Waals surface area contributed by atoms with Crippen LogP contribution in [0.25, 0.3) is 24.3 Å². The van der Waals surface area contributed by atoms with Crippen LogP contribution in [0, 0.1) is 6.92 Å². The van der Waals surface area contributed by atoms with E-state index in [1.165, 1.54) is 22.3 Å². The summed E-state index contributed by atoms with van der Waals surface area (Å²) >= 11 is 0. The van der Waals surface area contributed by atoms with Gasteiger partial charge in [0.2, 0.25) is 0 Å². The standard InChI is InChI=1S/C49H42N2/c1-3-39-24-32-47(33-25-39)51(45-12-8-5-9-13-45)49-36-28-43(29-37-49)23-21-41-18-16-40(17-19-41)20-22-42-26-34-48(35-27-42)50(44-10-6-4-7-11-44)46-30-14-38(2)15-31-46/h4-37H,3H2,1-2H3/b22-20-,23-21?. The van der Waals surface area contributed by atoms with Gasteiger partial charge in [-0.1, -0.05) is 146 Å². The molecule has 0 amide bonds. The molecule has 7 aromatic rings. The molecular formula is C49H42N2. The van der Waals surface area contributed by atoms with Crippen LogP contribution in [0.2, 0.25) is 0 Å². The summed E-state index contributed by atoms with van der Waals surface area (Å²) in [7, 11) is 0. The maximum absolute atomic E-state index is 2.30. The first-order chi connectivity index (χ1) is 25.1. The molecular weight excluding hydrogens is 617 g/mol. The number of nitrogens with zero attached hydrogens (tertiary/aromatic N) is 2. The Labute approximate surface area is 302 Å². The van der Waals surface area contributed by atoms with E-state index in [0.717, 1.165) is 51.7 Å². The Morgan fingerprint density at radius 1 is 0.333 bits per heavy atom. The molecule has 0 spiro atoms. The third-order valence-electron chi connectivity index (χ3n) is 9.10. The summed E-state index contributed by atoms with van der Waals surface area (Å²) in [6.07, 6.45) is 9.72. The Kier molecular flexibility index (Phi) is 10.3. The van der Waals surface area contributed by atoms with Crippen molar-refractivity contribution >= 4 is 58.4 Å². The maximum atomic E-state index is 2.30. The lowest BCUT2D eigenvalue weighted by molar-refractivity contribution is 1.14. The van der Waals surface area contributed by atoms with Crippen LogP contribution < -0.4 is 9.80 Å². The van der Waals surface area contributed by atoms with E-state index in [-0.39, 0.29) is 0 Å². The van der Waals surface area contributed by atoms with Gasteiger partial charge in [-0.2, -0.15) is 0 Å². The lowest BCUT2D eigenvalue weighted by Gasteiger charge is -2.25. The molecule has 0 aliphatic heterocycles. The smallest absolute Gasteiger partial charge is 0.0462 e. The Bertz CT molecular complexity index is 2180. The third-order valence-corrected chi connectivity index (χ3v) is 9.10. The van der Waals surface area contributed by atoms with Gasteiger partial charge < -0.3 is 9.80 Å². The SMILES string of the molecule is CCc1ccc(N(c2ccccc2)c2ccc(C=Cc3ccc(/C=C\c4ccc(N(c5ccccc5)c5ccc(C)cc5)cc4)cc3)cc2)cc1. The van der Waals surface area contributed by atoms with Crippen LogP contribution in [0.15, 0.2) is 182 Å². The number of hydrogen-bond donors (Lipinski definition) is 0. The van der Waals surface area contributed by atoms with Crippen LogP contribution in [-0.4, -0.2) is 0 Å². The van der Waals surface area contributed by atoms with Gasteiger partial charge >= 0.3 is 0 Å². The van der Waals surface area contributed by atoms with E-state index in [1.807, 2.05) is 0 Å². The molecule has 0 saturated carbocycles. The molecule has 0 bridgehead atoms. The first-order valence-electron chi connectivity index (χ1n) is 17.7. The number of hydrogen-bond acceptors (Lipinski definition) is 2. The predicted octanol–water partition coefficient (Wildman–Crippen LogP) is 13.8. The topological polar surface area (TPSA) is 6.48 Å². The molecule has 0 unspecified atom stereocenters. The normalized spacial score (nSPS) is 11.3. The second-order valence-corrected chi connectivity index (χ2v) is 12.7. The van der Waals surface area contributed by atoms with E-state index in [9.17, 15) is 0 Å². The van der Waals surface area contributed by atoms with E-state index in [2.05, 4.69) is 230 Å². The summed E-state index contributed by atoms with van der Waals surface area (Å²) in [6.45, 7) is 4.31. The molecule has 0 N–H and O–H groups in total. The van der Waals surface area contributed by atoms with E-state index in [0.29, 0.717) is 0 Å². The third kappa shape index (κ3) is 8.26. The fourth-order valence-corrected chi connectivity index (χ4v) is 6.20. The molecule has 0 fully saturated rings. The summed E-state index contributed by atoms with van der Waals surface area (Å²) < 4.78 is 0. The highest BCUT2D eigenvalue weighted by atomic mass is 15.1. The van der Waals surface area contributed by atoms with Gasteiger partial charge in [-0.3, -0.25) is 0 Å². The Balaban J connectivity index is 1.01. The number of rotatable bonds is 11. The number of benzene rings is 7. The molecule has 51 heavy (non-hydrogen) atoms. The lowest BCUT2D eigenvalue weighted by Crippen LogP contribution is -2.09. The van der Waals surface area contributed by atoms with Gasteiger partial charge in [0, 0.05) is 34.1 Å². The zero-order chi connectivity index (χ0) is 34.8. The van der Waals surface area contributed by atoms with E-state index >= 15 is 0 Å².